The van der Waals surface area contributed by atoms with Gasteiger partial charge in [0, 0.05) is 18.1 Å². The third-order valence-corrected chi connectivity index (χ3v) is 4.89. The van der Waals surface area contributed by atoms with Crippen molar-refractivity contribution in [3.63, 3.8) is 0 Å². The van der Waals surface area contributed by atoms with Crippen molar-refractivity contribution in [1.82, 2.24) is 10.2 Å². The summed E-state index contributed by atoms with van der Waals surface area (Å²) in [5.74, 6) is 0.413. The quantitative estimate of drug-likeness (QED) is 0.693. The van der Waals surface area contributed by atoms with Gasteiger partial charge in [-0.1, -0.05) is 48.9 Å². The van der Waals surface area contributed by atoms with E-state index in [1.165, 1.54) is 0 Å². The van der Waals surface area contributed by atoms with Crippen LogP contribution in [0.3, 0.4) is 0 Å². The molecule has 2 aromatic rings. The maximum Gasteiger partial charge on any atom is 0.242 e. The first kappa shape index (κ1) is 21.8. The second-order valence-electron chi connectivity index (χ2n) is 6.46. The van der Waals surface area contributed by atoms with E-state index in [4.69, 9.17) is 16.3 Å². The maximum absolute atomic E-state index is 13.2. The van der Waals surface area contributed by atoms with E-state index in [1.54, 1.807) is 18.1 Å². The van der Waals surface area contributed by atoms with Gasteiger partial charge in [-0.25, -0.2) is 0 Å². The lowest BCUT2D eigenvalue weighted by Gasteiger charge is -2.31. The largest absolute Gasteiger partial charge is 0.497 e. The molecule has 0 radical (unpaired) electrons. The van der Waals surface area contributed by atoms with Gasteiger partial charge in [-0.2, -0.15) is 0 Å². The smallest absolute Gasteiger partial charge is 0.242 e. The maximum atomic E-state index is 13.2. The molecule has 1 atom stereocenters. The molecule has 2 aromatic carbocycles. The summed E-state index contributed by atoms with van der Waals surface area (Å²) >= 11 is 6.23. The monoisotopic (exact) mass is 402 g/mol. The van der Waals surface area contributed by atoms with Gasteiger partial charge in [0.05, 0.1) is 13.5 Å². The van der Waals surface area contributed by atoms with Crippen molar-refractivity contribution in [2.75, 3.05) is 13.7 Å². The number of halogens is 1. The molecule has 0 aliphatic carbocycles. The first-order valence-corrected chi connectivity index (χ1v) is 9.81. The Hall–Kier alpha value is -2.53. The van der Waals surface area contributed by atoms with E-state index in [9.17, 15) is 9.59 Å². The summed E-state index contributed by atoms with van der Waals surface area (Å²) in [5.41, 5.74) is 1.64. The predicted octanol–water partition coefficient (Wildman–Crippen LogP) is 3.83. The highest BCUT2D eigenvalue weighted by Crippen LogP contribution is 2.20. The number of rotatable bonds is 9. The zero-order valence-electron chi connectivity index (χ0n) is 16.6. The average molecular weight is 403 g/mol. The van der Waals surface area contributed by atoms with Gasteiger partial charge < -0.3 is 15.0 Å². The van der Waals surface area contributed by atoms with E-state index < -0.39 is 6.04 Å². The van der Waals surface area contributed by atoms with Gasteiger partial charge in [0.2, 0.25) is 11.8 Å². The van der Waals surface area contributed by atoms with Crippen LogP contribution < -0.4 is 10.1 Å². The van der Waals surface area contributed by atoms with Crippen LogP contribution in [-0.2, 0) is 22.6 Å². The van der Waals surface area contributed by atoms with Crippen molar-refractivity contribution in [2.45, 2.75) is 39.3 Å². The summed E-state index contributed by atoms with van der Waals surface area (Å²) in [4.78, 5) is 27.4. The Bertz CT molecular complexity index is 810. The number of benzene rings is 2. The molecule has 0 aliphatic heterocycles. The molecule has 0 aliphatic rings. The van der Waals surface area contributed by atoms with E-state index in [1.807, 2.05) is 56.3 Å². The predicted molar refractivity (Wildman–Crippen MR) is 111 cm³/mol. The number of hydrogen-bond donors (Lipinski definition) is 1. The molecule has 2 rings (SSSR count). The molecule has 6 heteroatoms. The number of nitrogens with zero attached hydrogens (tertiary/aromatic N) is 1. The van der Waals surface area contributed by atoms with Crippen molar-refractivity contribution >= 4 is 23.4 Å². The SMILES string of the molecule is CCNC(=O)[C@H](CC)N(Cc1cccc(OC)c1)C(=O)Cc1ccccc1Cl. The molecule has 0 saturated carbocycles. The van der Waals surface area contributed by atoms with Crippen LogP contribution in [0.1, 0.15) is 31.4 Å². The van der Waals surface area contributed by atoms with Gasteiger partial charge >= 0.3 is 0 Å². The van der Waals surface area contributed by atoms with Gasteiger partial charge in [0.1, 0.15) is 11.8 Å². The molecule has 2 amide bonds. The minimum atomic E-state index is -0.555. The normalized spacial score (nSPS) is 11.6. The van der Waals surface area contributed by atoms with Crippen molar-refractivity contribution in [2.24, 2.45) is 0 Å². The Kier molecular flexibility index (Phi) is 8.33. The Morgan fingerprint density at radius 3 is 2.54 bits per heavy atom. The Morgan fingerprint density at radius 1 is 1.14 bits per heavy atom. The first-order valence-electron chi connectivity index (χ1n) is 9.43. The van der Waals surface area contributed by atoms with Gasteiger partial charge in [-0.3, -0.25) is 9.59 Å². The number of hydrogen-bond acceptors (Lipinski definition) is 3. The molecule has 0 fully saturated rings. The van der Waals surface area contributed by atoms with E-state index in [0.29, 0.717) is 30.3 Å². The summed E-state index contributed by atoms with van der Waals surface area (Å²) in [7, 11) is 1.60. The van der Waals surface area contributed by atoms with Crippen molar-refractivity contribution < 1.29 is 14.3 Å². The third kappa shape index (κ3) is 5.73. The second kappa shape index (κ2) is 10.7. The first-order chi connectivity index (χ1) is 13.5. The molecule has 0 aromatic heterocycles. The van der Waals surface area contributed by atoms with Crippen LogP contribution in [-0.4, -0.2) is 36.4 Å². The summed E-state index contributed by atoms with van der Waals surface area (Å²) in [5, 5.41) is 3.38. The van der Waals surface area contributed by atoms with Crippen LogP contribution in [0.2, 0.25) is 5.02 Å². The fraction of sp³-hybridized carbons (Fsp3) is 0.364. The van der Waals surface area contributed by atoms with E-state index in [2.05, 4.69) is 5.32 Å². The van der Waals surface area contributed by atoms with Crippen LogP contribution in [0.4, 0.5) is 0 Å². The van der Waals surface area contributed by atoms with Crippen molar-refractivity contribution in [3.05, 3.63) is 64.7 Å². The zero-order valence-corrected chi connectivity index (χ0v) is 17.3. The molecule has 0 saturated heterocycles. The standard InChI is InChI=1S/C22H27ClN2O3/c1-4-20(22(27)24-5-2)25(15-16-9-8-11-18(13-16)28-3)21(26)14-17-10-6-7-12-19(17)23/h6-13,20H,4-5,14-15H2,1-3H3,(H,24,27)/t20-/m0/s1. The zero-order chi connectivity index (χ0) is 20.5. The van der Waals surface area contributed by atoms with Gasteiger partial charge in [-0.05, 0) is 42.7 Å². The number of nitrogens with one attached hydrogen (secondary N) is 1. The number of methoxy groups -OCH3 is 1. The number of carbonyl (C=O) groups is 2. The Morgan fingerprint density at radius 2 is 1.89 bits per heavy atom. The van der Waals surface area contributed by atoms with Gasteiger partial charge in [-0.15, -0.1) is 0 Å². The summed E-state index contributed by atoms with van der Waals surface area (Å²) in [6, 6.07) is 14.2. The molecule has 5 nitrogen and oxygen atoms in total. The highest BCUT2D eigenvalue weighted by atomic mass is 35.5. The van der Waals surface area contributed by atoms with Gasteiger partial charge in [0.15, 0.2) is 0 Å². The fourth-order valence-corrected chi connectivity index (χ4v) is 3.29. The molecule has 28 heavy (non-hydrogen) atoms. The number of likely N-dealkylation sites (N-methyl/N-ethyl adjacent to an activating group) is 1. The van der Waals surface area contributed by atoms with Crippen LogP contribution in [0.25, 0.3) is 0 Å². The summed E-state index contributed by atoms with van der Waals surface area (Å²) in [6.45, 7) is 4.60. The highest BCUT2D eigenvalue weighted by molar-refractivity contribution is 6.31. The molecule has 0 unspecified atom stereocenters. The van der Waals surface area contributed by atoms with E-state index >= 15 is 0 Å². The number of amides is 2. The lowest BCUT2D eigenvalue weighted by Crippen LogP contribution is -2.49. The third-order valence-electron chi connectivity index (χ3n) is 4.52. The molecule has 150 valence electrons. The lowest BCUT2D eigenvalue weighted by molar-refractivity contribution is -0.140. The number of carbonyl (C=O) groups excluding carboxylic acids is 2. The average Bonchev–Trinajstić information content (AvgIpc) is 2.70. The molecular weight excluding hydrogens is 376 g/mol. The van der Waals surface area contributed by atoms with Crippen LogP contribution >= 0.6 is 11.6 Å². The molecule has 1 N–H and O–H groups in total. The summed E-state index contributed by atoms with van der Waals surface area (Å²) < 4.78 is 5.28. The van der Waals surface area contributed by atoms with Gasteiger partial charge in [0.25, 0.3) is 0 Å². The van der Waals surface area contributed by atoms with E-state index in [0.717, 1.165) is 11.1 Å². The van der Waals surface area contributed by atoms with Crippen molar-refractivity contribution in [3.8, 4) is 5.75 Å². The minimum Gasteiger partial charge on any atom is -0.497 e. The molecular formula is C22H27ClN2O3. The fourth-order valence-electron chi connectivity index (χ4n) is 3.09. The Balaban J connectivity index is 2.32. The second-order valence-corrected chi connectivity index (χ2v) is 6.87. The van der Waals surface area contributed by atoms with Crippen molar-refractivity contribution in [1.29, 1.82) is 0 Å². The minimum absolute atomic E-state index is 0.138. The molecule has 0 spiro atoms. The van der Waals surface area contributed by atoms with E-state index in [-0.39, 0.29) is 18.2 Å². The molecule has 0 bridgehead atoms. The number of ether oxygens (including phenoxy) is 1. The van der Waals surface area contributed by atoms with Crippen LogP contribution in [0.5, 0.6) is 5.75 Å². The topological polar surface area (TPSA) is 58.6 Å². The van der Waals surface area contributed by atoms with Crippen LogP contribution in [0.15, 0.2) is 48.5 Å². The highest BCUT2D eigenvalue weighted by Gasteiger charge is 2.28. The van der Waals surface area contributed by atoms with Crippen LogP contribution in [0, 0.1) is 0 Å². The Labute approximate surface area is 171 Å². The lowest BCUT2D eigenvalue weighted by atomic mass is 10.1. The molecule has 0 heterocycles. The summed E-state index contributed by atoms with van der Waals surface area (Å²) in [6.07, 6.45) is 0.656.